The number of hydrogen-bond donors (Lipinski definition) is 0. The monoisotopic (exact) mass is 396 g/mol. The highest BCUT2D eigenvalue weighted by Crippen LogP contribution is 2.32. The Morgan fingerprint density at radius 1 is 1.14 bits per heavy atom. The molecule has 5 rings (SSSR count). The average Bonchev–Trinajstić information content (AvgIpc) is 3.37. The SMILES string of the molecule is Fc1cc(-c2noc(-c3ncn4c3COC(c3ccccc3)C4)n2)ccc1Cl. The van der Waals surface area contributed by atoms with Crippen molar-refractivity contribution in [2.45, 2.75) is 19.3 Å². The van der Waals surface area contributed by atoms with Crippen molar-refractivity contribution < 1.29 is 13.7 Å². The van der Waals surface area contributed by atoms with Gasteiger partial charge < -0.3 is 13.8 Å². The molecule has 3 heterocycles. The van der Waals surface area contributed by atoms with Crippen molar-refractivity contribution in [2.75, 3.05) is 0 Å². The topological polar surface area (TPSA) is 66.0 Å². The molecule has 8 heteroatoms. The fraction of sp³-hybridized carbons (Fsp3) is 0.150. The Labute approximate surface area is 164 Å². The first-order valence-electron chi connectivity index (χ1n) is 8.69. The van der Waals surface area contributed by atoms with Gasteiger partial charge in [0.1, 0.15) is 11.9 Å². The Bertz CT molecular complexity index is 1140. The maximum absolute atomic E-state index is 13.7. The number of aromatic nitrogens is 4. The van der Waals surface area contributed by atoms with Gasteiger partial charge in [-0.15, -0.1) is 0 Å². The Morgan fingerprint density at radius 2 is 2.00 bits per heavy atom. The number of ether oxygens (including phenoxy) is 1. The normalized spacial score (nSPS) is 16.1. The lowest BCUT2D eigenvalue weighted by Crippen LogP contribution is -2.20. The maximum atomic E-state index is 13.7. The molecule has 0 saturated carbocycles. The second kappa shape index (κ2) is 6.85. The molecule has 0 fully saturated rings. The third-order valence-electron chi connectivity index (χ3n) is 4.71. The van der Waals surface area contributed by atoms with Crippen LogP contribution in [0.15, 0.2) is 59.4 Å². The molecular formula is C20H14ClFN4O2. The Balaban J connectivity index is 1.43. The van der Waals surface area contributed by atoms with Crippen molar-refractivity contribution in [1.82, 2.24) is 19.7 Å². The number of fused-ring (bicyclic) bond motifs is 1. The fourth-order valence-corrected chi connectivity index (χ4v) is 3.36. The molecule has 0 amide bonds. The minimum absolute atomic E-state index is 0.0361. The standard InChI is InChI=1S/C20H14ClFN4O2/c21-14-7-6-13(8-15(14)22)19-24-20(28-25-19)18-16-10-27-17(9-26(16)11-23-18)12-4-2-1-3-5-12/h1-8,11,17H,9-10H2. The molecule has 0 saturated heterocycles. The van der Waals surface area contributed by atoms with E-state index in [2.05, 4.69) is 15.1 Å². The molecule has 28 heavy (non-hydrogen) atoms. The zero-order valence-corrected chi connectivity index (χ0v) is 15.3. The van der Waals surface area contributed by atoms with E-state index in [1.54, 1.807) is 12.4 Å². The van der Waals surface area contributed by atoms with Gasteiger partial charge in [-0.1, -0.05) is 47.1 Å². The van der Waals surface area contributed by atoms with E-state index in [-0.39, 0.29) is 22.8 Å². The van der Waals surface area contributed by atoms with Gasteiger partial charge in [-0.25, -0.2) is 9.37 Å². The zero-order valence-electron chi connectivity index (χ0n) is 14.5. The molecule has 1 aliphatic rings. The van der Waals surface area contributed by atoms with E-state index in [0.717, 1.165) is 11.3 Å². The molecular weight excluding hydrogens is 383 g/mol. The van der Waals surface area contributed by atoms with Gasteiger partial charge in [-0.2, -0.15) is 4.98 Å². The number of rotatable bonds is 3. The summed E-state index contributed by atoms with van der Waals surface area (Å²) in [6, 6.07) is 14.4. The number of imidazole rings is 1. The highest BCUT2D eigenvalue weighted by atomic mass is 35.5. The smallest absolute Gasteiger partial charge is 0.278 e. The first-order chi connectivity index (χ1) is 13.7. The van der Waals surface area contributed by atoms with Crippen LogP contribution in [0.2, 0.25) is 5.02 Å². The van der Waals surface area contributed by atoms with Crippen molar-refractivity contribution in [2.24, 2.45) is 0 Å². The van der Waals surface area contributed by atoms with Crippen LogP contribution >= 0.6 is 11.6 Å². The van der Waals surface area contributed by atoms with E-state index in [1.165, 1.54) is 12.1 Å². The van der Waals surface area contributed by atoms with Gasteiger partial charge in [-0.05, 0) is 23.8 Å². The lowest BCUT2D eigenvalue weighted by molar-refractivity contribution is 0.00330. The molecule has 1 atom stereocenters. The van der Waals surface area contributed by atoms with Crippen LogP contribution in [-0.4, -0.2) is 19.7 Å². The Morgan fingerprint density at radius 3 is 2.82 bits per heavy atom. The first-order valence-corrected chi connectivity index (χ1v) is 9.07. The summed E-state index contributed by atoms with van der Waals surface area (Å²) in [6.45, 7) is 1.03. The van der Waals surface area contributed by atoms with Gasteiger partial charge in [0, 0.05) is 5.56 Å². The predicted octanol–water partition coefficient (Wildman–Crippen LogP) is 4.66. The predicted molar refractivity (Wildman–Crippen MR) is 99.9 cm³/mol. The molecule has 0 radical (unpaired) electrons. The summed E-state index contributed by atoms with van der Waals surface area (Å²) in [5, 5.41) is 3.98. The number of benzene rings is 2. The van der Waals surface area contributed by atoms with E-state index in [0.29, 0.717) is 24.4 Å². The Kier molecular flexibility index (Phi) is 4.18. The highest BCUT2D eigenvalue weighted by Gasteiger charge is 2.26. The van der Waals surface area contributed by atoms with E-state index < -0.39 is 5.82 Å². The molecule has 6 nitrogen and oxygen atoms in total. The molecule has 2 aromatic heterocycles. The highest BCUT2D eigenvalue weighted by molar-refractivity contribution is 6.30. The van der Waals surface area contributed by atoms with Crippen LogP contribution in [-0.2, 0) is 17.9 Å². The third-order valence-corrected chi connectivity index (χ3v) is 5.01. The lowest BCUT2D eigenvalue weighted by atomic mass is 10.1. The maximum Gasteiger partial charge on any atom is 0.278 e. The van der Waals surface area contributed by atoms with Crippen molar-refractivity contribution in [3.8, 4) is 23.0 Å². The summed E-state index contributed by atoms with van der Waals surface area (Å²) >= 11 is 5.72. The van der Waals surface area contributed by atoms with Crippen LogP contribution in [0.1, 0.15) is 17.4 Å². The molecule has 4 aromatic rings. The number of hydrogen-bond acceptors (Lipinski definition) is 5. The molecule has 0 bridgehead atoms. The second-order valence-electron chi connectivity index (χ2n) is 6.45. The van der Waals surface area contributed by atoms with E-state index >= 15 is 0 Å². The van der Waals surface area contributed by atoms with Crippen LogP contribution in [0.25, 0.3) is 23.0 Å². The zero-order chi connectivity index (χ0) is 19.1. The van der Waals surface area contributed by atoms with Crippen molar-refractivity contribution in [3.63, 3.8) is 0 Å². The van der Waals surface area contributed by atoms with Crippen molar-refractivity contribution >= 4 is 11.6 Å². The fourth-order valence-electron chi connectivity index (χ4n) is 3.25. The van der Waals surface area contributed by atoms with Crippen LogP contribution in [0.3, 0.4) is 0 Å². The Hall–Kier alpha value is -3.03. The summed E-state index contributed by atoms with van der Waals surface area (Å²) in [4.78, 5) is 8.79. The second-order valence-corrected chi connectivity index (χ2v) is 6.86. The van der Waals surface area contributed by atoms with Crippen molar-refractivity contribution in [1.29, 1.82) is 0 Å². The van der Waals surface area contributed by atoms with Crippen LogP contribution in [0.5, 0.6) is 0 Å². The molecule has 140 valence electrons. The first kappa shape index (κ1) is 17.1. The average molecular weight is 397 g/mol. The van der Waals surface area contributed by atoms with Gasteiger partial charge in [0.25, 0.3) is 5.89 Å². The quantitative estimate of drug-likeness (QED) is 0.503. The molecule has 1 aliphatic heterocycles. The van der Waals surface area contributed by atoms with Crippen LogP contribution < -0.4 is 0 Å². The van der Waals surface area contributed by atoms with Crippen LogP contribution in [0.4, 0.5) is 4.39 Å². The lowest BCUT2D eigenvalue weighted by Gasteiger charge is -2.25. The van der Waals surface area contributed by atoms with Gasteiger partial charge >= 0.3 is 0 Å². The van der Waals surface area contributed by atoms with Gasteiger partial charge in [0.05, 0.1) is 30.2 Å². The third kappa shape index (κ3) is 2.98. The van der Waals surface area contributed by atoms with Gasteiger partial charge in [-0.3, -0.25) is 0 Å². The molecule has 0 aliphatic carbocycles. The molecule has 1 unspecified atom stereocenters. The van der Waals surface area contributed by atoms with Crippen molar-refractivity contribution in [3.05, 3.63) is 77.0 Å². The summed E-state index contributed by atoms with van der Waals surface area (Å²) in [7, 11) is 0. The van der Waals surface area contributed by atoms with Gasteiger partial charge in [0.2, 0.25) is 5.82 Å². The molecule has 0 N–H and O–H groups in total. The minimum atomic E-state index is -0.537. The summed E-state index contributed by atoms with van der Waals surface area (Å²) in [6.07, 6.45) is 1.71. The number of nitrogens with zero attached hydrogens (tertiary/aromatic N) is 4. The van der Waals surface area contributed by atoms with Crippen LogP contribution in [0, 0.1) is 5.82 Å². The number of halogens is 2. The van der Waals surface area contributed by atoms with E-state index in [9.17, 15) is 4.39 Å². The summed E-state index contributed by atoms with van der Waals surface area (Å²) in [5.41, 5.74) is 3.03. The minimum Gasteiger partial charge on any atom is -0.365 e. The van der Waals surface area contributed by atoms with Gasteiger partial charge in [0.15, 0.2) is 5.69 Å². The summed E-state index contributed by atoms with van der Waals surface area (Å²) < 4.78 is 27.1. The summed E-state index contributed by atoms with van der Waals surface area (Å²) in [5.74, 6) is -0.00248. The molecule has 2 aromatic carbocycles. The van der Waals surface area contributed by atoms with E-state index in [4.69, 9.17) is 20.9 Å². The molecule has 0 spiro atoms. The van der Waals surface area contributed by atoms with E-state index in [1.807, 2.05) is 34.9 Å². The largest absolute Gasteiger partial charge is 0.365 e.